The van der Waals surface area contributed by atoms with E-state index in [1.165, 1.54) is 10.9 Å². The van der Waals surface area contributed by atoms with E-state index in [9.17, 15) is 20.1 Å². The van der Waals surface area contributed by atoms with Gasteiger partial charge in [0.1, 0.15) is 18.3 Å². The Balaban J connectivity index is 1.42. The molecule has 0 aliphatic carbocycles. The number of halogens is 2. The fraction of sp³-hybridized carbons (Fsp3) is 0.471. The summed E-state index contributed by atoms with van der Waals surface area (Å²) >= 11 is 12.8. The zero-order valence-electron chi connectivity index (χ0n) is 27.9. The van der Waals surface area contributed by atoms with E-state index >= 15 is 0 Å². The number of rotatable bonds is 14. The lowest BCUT2D eigenvalue weighted by atomic mass is 9.91. The van der Waals surface area contributed by atoms with Crippen LogP contribution in [0.5, 0.6) is 0 Å². The monoisotopic (exact) mass is 714 g/mol. The van der Waals surface area contributed by atoms with E-state index in [0.29, 0.717) is 58.7 Å². The number of urea groups is 1. The van der Waals surface area contributed by atoms with Gasteiger partial charge in [-0.25, -0.2) is 19.7 Å². The topological polar surface area (TPSA) is 170 Å². The average molecular weight is 716 g/mol. The largest absolute Gasteiger partial charge is 0.394 e. The summed E-state index contributed by atoms with van der Waals surface area (Å²) in [6.45, 7) is 9.52. The van der Waals surface area contributed by atoms with Gasteiger partial charge in [0.25, 0.3) is 0 Å². The lowest BCUT2D eigenvalue weighted by Crippen LogP contribution is -2.44. The predicted octanol–water partition coefficient (Wildman–Crippen LogP) is 3.91. The quantitative estimate of drug-likeness (QED) is 0.113. The first-order valence-corrected chi connectivity index (χ1v) is 17.1. The zero-order chi connectivity index (χ0) is 35.2. The number of carbonyl (C=O) groups excluding carboxylic acids is 1. The molecule has 3 heterocycles. The van der Waals surface area contributed by atoms with E-state index in [1.807, 2.05) is 48.5 Å². The third kappa shape index (κ3) is 8.79. The van der Waals surface area contributed by atoms with Crippen molar-refractivity contribution in [1.29, 1.82) is 0 Å². The third-order valence-electron chi connectivity index (χ3n) is 8.62. The molecule has 4 aromatic rings. The number of carbonyl (C=O) groups is 1. The van der Waals surface area contributed by atoms with E-state index in [4.69, 9.17) is 32.9 Å². The maximum absolute atomic E-state index is 12.8. The molecular formula is C34H44Cl2N8O5. The van der Waals surface area contributed by atoms with Crippen LogP contribution in [0, 0.1) is 0 Å². The Hall–Kier alpha value is -3.56. The number of imidazole rings is 1. The summed E-state index contributed by atoms with van der Waals surface area (Å²) in [7, 11) is 0. The normalized spacial score (nSPS) is 19.4. The number of nitrogens with zero attached hydrogens (tertiary/aromatic N) is 5. The Labute approximate surface area is 295 Å². The number of amides is 2. The van der Waals surface area contributed by atoms with Crippen LogP contribution in [0.15, 0.2) is 54.9 Å². The lowest BCUT2D eigenvalue weighted by molar-refractivity contribution is -0.0511. The van der Waals surface area contributed by atoms with Crippen molar-refractivity contribution in [1.82, 2.24) is 35.1 Å². The van der Waals surface area contributed by atoms with Crippen molar-refractivity contribution in [3.05, 3.63) is 81.9 Å². The number of hydrogen-bond acceptors (Lipinski definition) is 10. The maximum Gasteiger partial charge on any atom is 0.315 e. The number of aromatic nitrogens is 4. The van der Waals surface area contributed by atoms with E-state index in [-0.39, 0.29) is 24.3 Å². The highest BCUT2D eigenvalue weighted by molar-refractivity contribution is 6.31. The van der Waals surface area contributed by atoms with Crippen LogP contribution in [0.2, 0.25) is 10.0 Å². The van der Waals surface area contributed by atoms with Crippen molar-refractivity contribution in [2.24, 2.45) is 0 Å². The molecule has 2 aromatic heterocycles. The van der Waals surface area contributed by atoms with Crippen LogP contribution in [-0.4, -0.2) is 102 Å². The van der Waals surface area contributed by atoms with Crippen LogP contribution in [0.1, 0.15) is 56.8 Å². The van der Waals surface area contributed by atoms with Gasteiger partial charge in [-0.3, -0.25) is 9.47 Å². The molecule has 264 valence electrons. The van der Waals surface area contributed by atoms with Gasteiger partial charge in [-0.05, 0) is 63.1 Å². The molecule has 13 nitrogen and oxygen atoms in total. The standard InChI is InChI=1S/C34H44Cl2N8O5/c1-19(2)43(20(3)4)12-11-37-34(48)39-16-27-41-31(28-32(42-27)44(18-40-28)33-30(47)29(46)26(17-45)49-33)38-15-25(21-7-5-9-23(35)13-21)22-8-6-10-24(36)14-22/h5-10,13-14,18-20,25-26,29-30,33,45-47H,11-12,15-17H2,1-4H3,(H2,37,39,48)(H,38,41,42)/t26-,29-,30-,33-/m1/s1. The van der Waals surface area contributed by atoms with Crippen molar-refractivity contribution >= 4 is 46.2 Å². The highest BCUT2D eigenvalue weighted by Gasteiger charge is 2.44. The Morgan fingerprint density at radius 1 is 0.980 bits per heavy atom. The summed E-state index contributed by atoms with van der Waals surface area (Å²) in [6.07, 6.45) is -3.27. The van der Waals surface area contributed by atoms with Gasteiger partial charge in [-0.15, -0.1) is 0 Å². The Morgan fingerprint density at radius 2 is 1.63 bits per heavy atom. The van der Waals surface area contributed by atoms with Crippen LogP contribution in [0.3, 0.4) is 0 Å². The van der Waals surface area contributed by atoms with Gasteiger partial charge in [-0.2, -0.15) is 0 Å². The summed E-state index contributed by atoms with van der Waals surface area (Å²) in [4.78, 5) is 29.0. The molecule has 4 atom stereocenters. The molecule has 0 spiro atoms. The molecular weight excluding hydrogens is 671 g/mol. The number of aliphatic hydroxyl groups excluding tert-OH is 3. The Morgan fingerprint density at radius 3 is 2.20 bits per heavy atom. The van der Waals surface area contributed by atoms with Gasteiger partial charge in [0.2, 0.25) is 0 Å². The minimum atomic E-state index is -1.35. The Bertz CT molecular complexity index is 1670. The summed E-state index contributed by atoms with van der Waals surface area (Å²) < 4.78 is 7.28. The molecule has 49 heavy (non-hydrogen) atoms. The molecule has 0 saturated carbocycles. The summed E-state index contributed by atoms with van der Waals surface area (Å²) in [5.74, 6) is 0.464. The first-order chi connectivity index (χ1) is 23.5. The fourth-order valence-corrected chi connectivity index (χ4v) is 6.56. The molecule has 0 bridgehead atoms. The number of ether oxygens (including phenoxy) is 1. The van der Waals surface area contributed by atoms with E-state index in [1.54, 1.807) is 0 Å². The van der Waals surface area contributed by atoms with Crippen molar-refractivity contribution in [2.45, 2.75) is 76.8 Å². The number of aliphatic hydroxyl groups is 3. The van der Waals surface area contributed by atoms with Gasteiger partial charge in [-0.1, -0.05) is 47.5 Å². The Kier molecular flexibility index (Phi) is 12.3. The SMILES string of the molecule is CC(C)N(CCNC(=O)NCc1nc(NCC(c2cccc(Cl)c2)c2cccc(Cl)c2)c2ncn([C@@H]3O[C@H](CO)[C@@H](O)[C@H]3O)c2n1)C(C)C. The second-order valence-electron chi connectivity index (χ2n) is 12.6. The molecule has 5 rings (SSSR count). The number of hydrogen-bond donors (Lipinski definition) is 6. The van der Waals surface area contributed by atoms with Crippen molar-refractivity contribution < 1.29 is 24.9 Å². The summed E-state index contributed by atoms with van der Waals surface area (Å²) in [6, 6.07) is 15.5. The number of fused-ring (bicyclic) bond motifs is 1. The maximum atomic E-state index is 12.8. The van der Waals surface area contributed by atoms with Gasteiger partial charge < -0.3 is 36.0 Å². The van der Waals surface area contributed by atoms with Crippen LogP contribution >= 0.6 is 23.2 Å². The molecule has 0 radical (unpaired) electrons. The molecule has 1 saturated heterocycles. The predicted molar refractivity (Wildman–Crippen MR) is 189 cm³/mol. The first-order valence-electron chi connectivity index (χ1n) is 16.3. The highest BCUT2D eigenvalue weighted by Crippen LogP contribution is 2.33. The molecule has 15 heteroatoms. The van der Waals surface area contributed by atoms with Crippen molar-refractivity contribution in [3.8, 4) is 0 Å². The van der Waals surface area contributed by atoms with Crippen molar-refractivity contribution in [2.75, 3.05) is 31.6 Å². The smallest absolute Gasteiger partial charge is 0.315 e. The molecule has 6 N–H and O–H groups in total. The highest BCUT2D eigenvalue weighted by atomic mass is 35.5. The van der Waals surface area contributed by atoms with Crippen LogP contribution in [-0.2, 0) is 11.3 Å². The van der Waals surface area contributed by atoms with E-state index in [0.717, 1.165) is 11.1 Å². The van der Waals surface area contributed by atoms with Gasteiger partial charge in [0.05, 0.1) is 19.5 Å². The first kappa shape index (κ1) is 36.7. The zero-order valence-corrected chi connectivity index (χ0v) is 29.4. The second kappa shape index (κ2) is 16.4. The van der Waals surface area contributed by atoms with Crippen LogP contribution in [0.4, 0.5) is 10.6 Å². The number of nitrogens with one attached hydrogen (secondary N) is 3. The summed E-state index contributed by atoms with van der Waals surface area (Å²) in [5, 5.41) is 41.2. The minimum absolute atomic E-state index is 0.0122. The van der Waals surface area contributed by atoms with Gasteiger partial charge in [0.15, 0.2) is 29.0 Å². The minimum Gasteiger partial charge on any atom is -0.394 e. The molecule has 1 fully saturated rings. The molecule has 1 aliphatic heterocycles. The molecule has 2 aromatic carbocycles. The molecule has 1 aliphatic rings. The van der Waals surface area contributed by atoms with E-state index < -0.39 is 31.1 Å². The van der Waals surface area contributed by atoms with Crippen LogP contribution in [0.25, 0.3) is 11.2 Å². The van der Waals surface area contributed by atoms with Crippen molar-refractivity contribution in [3.63, 3.8) is 0 Å². The third-order valence-corrected chi connectivity index (χ3v) is 9.09. The lowest BCUT2D eigenvalue weighted by Gasteiger charge is -2.30. The second-order valence-corrected chi connectivity index (χ2v) is 13.5. The van der Waals surface area contributed by atoms with Gasteiger partial charge in [0, 0.05) is 47.7 Å². The summed E-state index contributed by atoms with van der Waals surface area (Å²) in [5.41, 5.74) is 2.59. The number of benzene rings is 2. The average Bonchev–Trinajstić information content (AvgIpc) is 3.61. The molecule has 0 unspecified atom stereocenters. The van der Waals surface area contributed by atoms with Crippen LogP contribution < -0.4 is 16.0 Å². The van der Waals surface area contributed by atoms with Gasteiger partial charge >= 0.3 is 6.03 Å². The molecule has 2 amide bonds. The van der Waals surface area contributed by atoms with E-state index in [2.05, 4.69) is 58.5 Å². The fourth-order valence-electron chi connectivity index (χ4n) is 6.17. The number of anilines is 1.